The predicted molar refractivity (Wildman–Crippen MR) is 165 cm³/mol. The lowest BCUT2D eigenvalue weighted by atomic mass is 10.1. The molecule has 1 aliphatic rings. The quantitative estimate of drug-likeness (QED) is 0.230. The number of esters is 1. The summed E-state index contributed by atoms with van der Waals surface area (Å²) < 4.78 is 39.6. The molecule has 1 saturated heterocycles. The third-order valence-electron chi connectivity index (χ3n) is 6.46. The van der Waals surface area contributed by atoms with Gasteiger partial charge in [-0.25, -0.2) is 18.4 Å². The predicted octanol–water partition coefficient (Wildman–Crippen LogP) is 5.98. The van der Waals surface area contributed by atoms with Gasteiger partial charge in [0.15, 0.2) is 5.82 Å². The van der Waals surface area contributed by atoms with Crippen LogP contribution in [0, 0.1) is 0 Å². The fourth-order valence-corrected chi connectivity index (χ4v) is 6.72. The van der Waals surface area contributed by atoms with E-state index in [9.17, 15) is 13.2 Å². The summed E-state index contributed by atoms with van der Waals surface area (Å²) in [4.78, 5) is 24.1. The number of halogens is 2. The summed E-state index contributed by atoms with van der Waals surface area (Å²) in [6.07, 6.45) is 1.74. The molecule has 1 aromatic heterocycles. The second-order valence-electron chi connectivity index (χ2n) is 10.8. The summed E-state index contributed by atoms with van der Waals surface area (Å²) in [5, 5.41) is 1.92. The Balaban J connectivity index is 1.51. The van der Waals surface area contributed by atoms with Crippen molar-refractivity contribution in [2.45, 2.75) is 31.3 Å². The van der Waals surface area contributed by atoms with E-state index in [1.165, 1.54) is 18.2 Å². The number of carbonyl (C=O) groups excluding carboxylic acids is 1. The van der Waals surface area contributed by atoms with Crippen LogP contribution in [0.3, 0.4) is 0 Å². The molecule has 0 atom stereocenters. The van der Waals surface area contributed by atoms with E-state index < -0.39 is 28.1 Å². The number of sulfonamides is 1. The van der Waals surface area contributed by atoms with Crippen molar-refractivity contribution in [1.82, 2.24) is 9.97 Å². The Morgan fingerprint density at radius 2 is 1.64 bits per heavy atom. The lowest BCUT2D eigenvalue weighted by Gasteiger charge is -2.27. The minimum atomic E-state index is -4.26. The number of hydrogen-bond donors (Lipinski definition) is 0. The Morgan fingerprint density at radius 1 is 0.976 bits per heavy atom. The molecule has 0 amide bonds. The van der Waals surface area contributed by atoms with Crippen LogP contribution in [0.1, 0.15) is 20.8 Å². The van der Waals surface area contributed by atoms with Gasteiger partial charge in [0.05, 0.1) is 23.8 Å². The normalized spacial score (nSPS) is 14.2. The van der Waals surface area contributed by atoms with Gasteiger partial charge >= 0.3 is 5.97 Å². The van der Waals surface area contributed by atoms with Gasteiger partial charge in [0.1, 0.15) is 18.0 Å². The van der Waals surface area contributed by atoms with Gasteiger partial charge in [-0.05, 0) is 74.0 Å². The van der Waals surface area contributed by atoms with Crippen molar-refractivity contribution in [3.63, 3.8) is 0 Å². The monoisotopic (exact) mass is 628 g/mol. The largest absolute Gasteiger partial charge is 0.459 e. The Morgan fingerprint density at radius 3 is 2.33 bits per heavy atom. The van der Waals surface area contributed by atoms with Gasteiger partial charge in [-0.3, -0.25) is 9.10 Å². The van der Waals surface area contributed by atoms with E-state index in [2.05, 4.69) is 9.88 Å². The molecule has 0 unspecified atom stereocenters. The van der Waals surface area contributed by atoms with Gasteiger partial charge < -0.3 is 14.4 Å². The van der Waals surface area contributed by atoms with E-state index >= 15 is 0 Å². The third kappa shape index (κ3) is 6.95. The smallest absolute Gasteiger partial charge is 0.327 e. The Labute approximate surface area is 255 Å². The molecule has 3 aromatic carbocycles. The fourth-order valence-electron chi connectivity index (χ4n) is 4.59. The van der Waals surface area contributed by atoms with Crippen LogP contribution < -0.4 is 9.21 Å². The van der Waals surface area contributed by atoms with Gasteiger partial charge in [-0.2, -0.15) is 0 Å². The fraction of sp³-hybridized carbons (Fsp3) is 0.300. The van der Waals surface area contributed by atoms with Crippen molar-refractivity contribution in [3.8, 4) is 11.4 Å². The first kappa shape index (κ1) is 30.0. The SMILES string of the molecule is CC(C)(C)OC(=O)CN(c1ccc2cc(-c3nccc(N4CCOCC4)n3)ccc2c1)S(=O)(=O)c1cc(Cl)cc(Cl)c1. The number of aromatic nitrogens is 2. The summed E-state index contributed by atoms with van der Waals surface area (Å²) in [5.41, 5.74) is 0.298. The molecule has 0 bridgehead atoms. The first-order valence-corrected chi connectivity index (χ1v) is 15.5. The average molecular weight is 630 g/mol. The van der Waals surface area contributed by atoms with E-state index in [1.807, 2.05) is 24.3 Å². The Bertz CT molecular complexity index is 1720. The Hall–Kier alpha value is -3.44. The molecule has 0 saturated carbocycles. The zero-order valence-corrected chi connectivity index (χ0v) is 25.7. The average Bonchev–Trinajstić information content (AvgIpc) is 2.94. The van der Waals surface area contributed by atoms with E-state index in [-0.39, 0.29) is 20.6 Å². The van der Waals surface area contributed by atoms with E-state index in [4.69, 9.17) is 37.7 Å². The van der Waals surface area contributed by atoms with Crippen molar-refractivity contribution in [3.05, 3.63) is 76.9 Å². The number of carbonyl (C=O) groups is 1. The number of morpholine rings is 1. The summed E-state index contributed by atoms with van der Waals surface area (Å²) in [6, 6.07) is 16.8. The van der Waals surface area contributed by atoms with Crippen LogP contribution in [-0.2, 0) is 24.3 Å². The zero-order valence-electron chi connectivity index (χ0n) is 23.4. The van der Waals surface area contributed by atoms with Crippen LogP contribution in [0.4, 0.5) is 11.5 Å². The van der Waals surface area contributed by atoms with Crippen LogP contribution in [0.2, 0.25) is 10.0 Å². The number of nitrogens with zero attached hydrogens (tertiary/aromatic N) is 4. The van der Waals surface area contributed by atoms with Gasteiger partial charge in [0.25, 0.3) is 10.0 Å². The van der Waals surface area contributed by atoms with E-state index in [0.717, 1.165) is 39.5 Å². The van der Waals surface area contributed by atoms with Crippen molar-refractivity contribution in [1.29, 1.82) is 0 Å². The molecule has 9 nitrogen and oxygen atoms in total. The minimum Gasteiger partial charge on any atom is -0.459 e. The lowest BCUT2D eigenvalue weighted by molar-refractivity contribution is -0.152. The number of anilines is 2. The van der Waals surface area contributed by atoms with Gasteiger partial charge in [0, 0.05) is 34.9 Å². The number of benzene rings is 3. The first-order valence-electron chi connectivity index (χ1n) is 13.3. The molecule has 5 rings (SSSR count). The standard InChI is InChI=1S/C30H30Cl2N4O5S/c1-30(2,3)41-28(37)19-36(42(38,39)26-17-23(31)16-24(32)18-26)25-7-6-20-14-22(5-4-21(20)15-25)29-33-9-8-27(34-29)35-10-12-40-13-11-35/h4-9,14-18H,10-13,19H2,1-3H3. The maximum Gasteiger partial charge on any atom is 0.327 e. The third-order valence-corrected chi connectivity index (χ3v) is 8.65. The molecule has 1 fully saturated rings. The van der Waals surface area contributed by atoms with E-state index in [0.29, 0.717) is 19.0 Å². The second-order valence-corrected chi connectivity index (χ2v) is 13.5. The molecule has 4 aromatic rings. The molecule has 12 heteroatoms. The van der Waals surface area contributed by atoms with Crippen molar-refractivity contribution in [2.24, 2.45) is 0 Å². The van der Waals surface area contributed by atoms with Crippen LogP contribution in [0.5, 0.6) is 0 Å². The molecule has 42 heavy (non-hydrogen) atoms. The Kier molecular flexibility index (Phi) is 8.61. The highest BCUT2D eigenvalue weighted by atomic mass is 35.5. The molecule has 220 valence electrons. The summed E-state index contributed by atoms with van der Waals surface area (Å²) >= 11 is 12.2. The first-order chi connectivity index (χ1) is 19.9. The molecule has 0 N–H and O–H groups in total. The van der Waals surface area contributed by atoms with Crippen LogP contribution in [0.15, 0.2) is 71.8 Å². The van der Waals surface area contributed by atoms with E-state index in [1.54, 1.807) is 45.2 Å². The lowest BCUT2D eigenvalue weighted by Crippen LogP contribution is -2.39. The number of ether oxygens (including phenoxy) is 2. The maximum atomic E-state index is 13.8. The molecule has 0 aliphatic carbocycles. The highest BCUT2D eigenvalue weighted by Gasteiger charge is 2.30. The second kappa shape index (κ2) is 12.0. The number of hydrogen-bond acceptors (Lipinski definition) is 8. The summed E-state index contributed by atoms with van der Waals surface area (Å²) in [6.45, 7) is 7.44. The van der Waals surface area contributed by atoms with Crippen molar-refractivity contribution < 1.29 is 22.7 Å². The van der Waals surface area contributed by atoms with Gasteiger partial charge in [0.2, 0.25) is 0 Å². The molecular formula is C30H30Cl2N4O5S. The summed E-state index contributed by atoms with van der Waals surface area (Å²) in [5.74, 6) is 0.715. The molecule has 1 aliphatic heterocycles. The van der Waals surface area contributed by atoms with Gasteiger partial charge in [-0.1, -0.05) is 41.4 Å². The number of fused-ring (bicyclic) bond motifs is 1. The number of rotatable bonds is 7. The molecule has 2 heterocycles. The molecular weight excluding hydrogens is 599 g/mol. The maximum absolute atomic E-state index is 13.8. The summed E-state index contributed by atoms with van der Waals surface area (Å²) in [7, 11) is -4.26. The van der Waals surface area contributed by atoms with Gasteiger partial charge in [-0.15, -0.1) is 0 Å². The van der Waals surface area contributed by atoms with Crippen LogP contribution >= 0.6 is 23.2 Å². The minimum absolute atomic E-state index is 0.142. The molecule has 0 spiro atoms. The van der Waals surface area contributed by atoms with Crippen LogP contribution in [-0.4, -0.2) is 62.8 Å². The molecule has 0 radical (unpaired) electrons. The highest BCUT2D eigenvalue weighted by molar-refractivity contribution is 7.92. The zero-order chi connectivity index (χ0) is 30.1. The van der Waals surface area contributed by atoms with Crippen molar-refractivity contribution >= 4 is 61.5 Å². The topological polar surface area (TPSA) is 102 Å². The van der Waals surface area contributed by atoms with Crippen molar-refractivity contribution in [2.75, 3.05) is 42.1 Å². The highest BCUT2D eigenvalue weighted by Crippen LogP contribution is 2.32. The van der Waals surface area contributed by atoms with Crippen LogP contribution in [0.25, 0.3) is 22.2 Å².